The Hall–Kier alpha value is -2.16. The molecule has 2 aromatic carbocycles. The second kappa shape index (κ2) is 5.45. The van der Waals surface area contributed by atoms with E-state index in [0.29, 0.717) is 0 Å². The van der Waals surface area contributed by atoms with E-state index in [1.54, 1.807) is 7.11 Å². The van der Waals surface area contributed by atoms with E-state index in [-0.39, 0.29) is 0 Å². The van der Waals surface area contributed by atoms with Crippen molar-refractivity contribution < 1.29 is 4.74 Å². The van der Waals surface area contributed by atoms with Crippen LogP contribution in [-0.2, 0) is 13.0 Å². The largest absolute Gasteiger partial charge is 0.497 e. The molecule has 3 nitrogen and oxygen atoms in total. The first kappa shape index (κ1) is 12.9. The van der Waals surface area contributed by atoms with Gasteiger partial charge >= 0.3 is 0 Å². The number of anilines is 2. The molecule has 1 aliphatic rings. The molecule has 0 aromatic heterocycles. The van der Waals surface area contributed by atoms with Gasteiger partial charge in [-0.2, -0.15) is 0 Å². The first-order valence-electron chi connectivity index (χ1n) is 7.03. The highest BCUT2D eigenvalue weighted by Crippen LogP contribution is 2.32. The first-order chi connectivity index (χ1) is 9.78. The molecule has 0 spiro atoms. The summed E-state index contributed by atoms with van der Waals surface area (Å²) in [5, 5.41) is 0. The maximum atomic E-state index is 6.09. The average molecular weight is 268 g/mol. The van der Waals surface area contributed by atoms with E-state index >= 15 is 0 Å². The van der Waals surface area contributed by atoms with Gasteiger partial charge < -0.3 is 15.4 Å². The highest BCUT2D eigenvalue weighted by molar-refractivity contribution is 5.66. The predicted octanol–water partition coefficient (Wildman–Crippen LogP) is 3.23. The molecule has 0 saturated heterocycles. The van der Waals surface area contributed by atoms with Gasteiger partial charge in [0.15, 0.2) is 0 Å². The van der Waals surface area contributed by atoms with Gasteiger partial charge in [-0.05, 0) is 48.2 Å². The van der Waals surface area contributed by atoms with E-state index in [1.165, 1.54) is 16.8 Å². The molecule has 0 radical (unpaired) electrons. The summed E-state index contributed by atoms with van der Waals surface area (Å²) in [6.45, 7) is 2.00. The predicted molar refractivity (Wildman–Crippen MR) is 83.2 cm³/mol. The summed E-state index contributed by atoms with van der Waals surface area (Å²) >= 11 is 0. The lowest BCUT2D eigenvalue weighted by molar-refractivity contribution is 0.414. The Kier molecular flexibility index (Phi) is 3.50. The molecule has 3 rings (SSSR count). The van der Waals surface area contributed by atoms with Gasteiger partial charge in [-0.25, -0.2) is 0 Å². The Morgan fingerprint density at radius 2 is 1.95 bits per heavy atom. The number of hydrogen-bond acceptors (Lipinski definition) is 3. The van der Waals surface area contributed by atoms with Crippen molar-refractivity contribution in [2.75, 3.05) is 24.3 Å². The van der Waals surface area contributed by atoms with Crippen molar-refractivity contribution in [3.05, 3.63) is 53.6 Å². The topological polar surface area (TPSA) is 38.5 Å². The Morgan fingerprint density at radius 3 is 2.70 bits per heavy atom. The van der Waals surface area contributed by atoms with Crippen molar-refractivity contribution in [3.63, 3.8) is 0 Å². The Bertz CT molecular complexity index is 592. The monoisotopic (exact) mass is 268 g/mol. The van der Waals surface area contributed by atoms with Crippen LogP contribution < -0.4 is 15.4 Å². The quantitative estimate of drug-likeness (QED) is 0.869. The van der Waals surface area contributed by atoms with E-state index < -0.39 is 0 Å². The summed E-state index contributed by atoms with van der Waals surface area (Å²) < 4.78 is 5.20. The number of ether oxygens (including phenoxy) is 1. The second-order valence-electron chi connectivity index (χ2n) is 5.22. The fraction of sp³-hybridized carbons (Fsp3) is 0.294. The standard InChI is InChI=1S/C17H20N2O/c1-20-14-9-7-13(8-10-14)12-19-11-3-4-15-16(18)5-2-6-17(15)19/h2,5-10H,3-4,11-12,18H2,1H3. The van der Waals surface area contributed by atoms with Crippen LogP contribution in [0.4, 0.5) is 11.4 Å². The fourth-order valence-corrected chi connectivity index (χ4v) is 2.84. The summed E-state index contributed by atoms with van der Waals surface area (Å²) in [5.74, 6) is 0.900. The highest BCUT2D eigenvalue weighted by atomic mass is 16.5. The first-order valence-corrected chi connectivity index (χ1v) is 7.03. The van der Waals surface area contributed by atoms with Crippen LogP contribution in [0.2, 0.25) is 0 Å². The number of fused-ring (bicyclic) bond motifs is 1. The highest BCUT2D eigenvalue weighted by Gasteiger charge is 2.18. The molecule has 0 saturated carbocycles. The number of nitrogen functional groups attached to an aromatic ring is 1. The van der Waals surface area contributed by atoms with Gasteiger partial charge in [0.05, 0.1) is 7.11 Å². The third-order valence-corrected chi connectivity index (χ3v) is 3.92. The summed E-state index contributed by atoms with van der Waals surface area (Å²) in [6, 6.07) is 14.5. The molecular formula is C17H20N2O. The normalized spacial score (nSPS) is 13.9. The molecule has 2 aromatic rings. The van der Waals surface area contributed by atoms with Gasteiger partial charge in [0.1, 0.15) is 5.75 Å². The molecule has 0 amide bonds. The molecule has 3 heteroatoms. The van der Waals surface area contributed by atoms with Crippen molar-refractivity contribution in [2.45, 2.75) is 19.4 Å². The van der Waals surface area contributed by atoms with Crippen LogP contribution >= 0.6 is 0 Å². The van der Waals surface area contributed by atoms with Gasteiger partial charge in [-0.1, -0.05) is 18.2 Å². The SMILES string of the molecule is COc1ccc(CN2CCCc3c(N)cccc32)cc1. The maximum Gasteiger partial charge on any atom is 0.118 e. The zero-order valence-corrected chi connectivity index (χ0v) is 11.8. The van der Waals surface area contributed by atoms with E-state index in [9.17, 15) is 0 Å². The molecule has 0 bridgehead atoms. The van der Waals surface area contributed by atoms with Gasteiger partial charge in [-0.3, -0.25) is 0 Å². The zero-order chi connectivity index (χ0) is 13.9. The van der Waals surface area contributed by atoms with E-state index in [0.717, 1.165) is 37.4 Å². The van der Waals surface area contributed by atoms with Crippen LogP contribution in [0, 0.1) is 0 Å². The van der Waals surface area contributed by atoms with E-state index in [1.807, 2.05) is 24.3 Å². The lowest BCUT2D eigenvalue weighted by Gasteiger charge is -2.32. The third-order valence-electron chi connectivity index (χ3n) is 3.92. The number of nitrogens with two attached hydrogens (primary N) is 1. The minimum atomic E-state index is 0.900. The Labute approximate surface area is 120 Å². The number of nitrogens with zero attached hydrogens (tertiary/aromatic N) is 1. The second-order valence-corrected chi connectivity index (χ2v) is 5.22. The molecule has 2 N–H and O–H groups in total. The molecule has 104 valence electrons. The van der Waals surface area contributed by atoms with Crippen LogP contribution in [0.3, 0.4) is 0 Å². The third kappa shape index (κ3) is 2.44. The van der Waals surface area contributed by atoms with Crippen LogP contribution in [-0.4, -0.2) is 13.7 Å². The van der Waals surface area contributed by atoms with Crippen molar-refractivity contribution in [3.8, 4) is 5.75 Å². The summed E-state index contributed by atoms with van der Waals surface area (Å²) in [6.07, 6.45) is 2.25. The number of methoxy groups -OCH3 is 1. The minimum Gasteiger partial charge on any atom is -0.497 e. The van der Waals surface area contributed by atoms with Gasteiger partial charge in [-0.15, -0.1) is 0 Å². The van der Waals surface area contributed by atoms with Gasteiger partial charge in [0.2, 0.25) is 0 Å². The number of benzene rings is 2. The molecule has 1 aliphatic heterocycles. The number of rotatable bonds is 3. The van der Waals surface area contributed by atoms with Crippen LogP contribution in [0.1, 0.15) is 17.5 Å². The van der Waals surface area contributed by atoms with Crippen LogP contribution in [0.25, 0.3) is 0 Å². The van der Waals surface area contributed by atoms with Crippen molar-refractivity contribution in [2.24, 2.45) is 0 Å². The van der Waals surface area contributed by atoms with E-state index in [4.69, 9.17) is 10.5 Å². The molecule has 20 heavy (non-hydrogen) atoms. The summed E-state index contributed by atoms with van der Waals surface area (Å²) in [7, 11) is 1.69. The van der Waals surface area contributed by atoms with Gasteiger partial charge in [0, 0.05) is 24.5 Å². The Balaban J connectivity index is 1.83. The lowest BCUT2D eigenvalue weighted by atomic mass is 9.99. The maximum absolute atomic E-state index is 6.09. The molecule has 1 heterocycles. The van der Waals surface area contributed by atoms with E-state index in [2.05, 4.69) is 23.1 Å². The fourth-order valence-electron chi connectivity index (χ4n) is 2.84. The van der Waals surface area contributed by atoms with Crippen molar-refractivity contribution in [1.29, 1.82) is 0 Å². The van der Waals surface area contributed by atoms with Gasteiger partial charge in [0.25, 0.3) is 0 Å². The molecular weight excluding hydrogens is 248 g/mol. The number of hydrogen-bond donors (Lipinski definition) is 1. The minimum absolute atomic E-state index is 0.900. The Morgan fingerprint density at radius 1 is 1.15 bits per heavy atom. The molecule has 0 atom stereocenters. The van der Waals surface area contributed by atoms with Crippen molar-refractivity contribution >= 4 is 11.4 Å². The van der Waals surface area contributed by atoms with Crippen LogP contribution in [0.5, 0.6) is 5.75 Å². The van der Waals surface area contributed by atoms with Crippen LogP contribution in [0.15, 0.2) is 42.5 Å². The smallest absolute Gasteiger partial charge is 0.118 e. The average Bonchev–Trinajstić information content (AvgIpc) is 2.49. The lowest BCUT2D eigenvalue weighted by Crippen LogP contribution is -2.29. The zero-order valence-electron chi connectivity index (χ0n) is 11.8. The molecule has 0 unspecified atom stereocenters. The molecule has 0 aliphatic carbocycles. The summed E-state index contributed by atoms with van der Waals surface area (Å²) in [5.41, 5.74) is 10.9. The van der Waals surface area contributed by atoms with Crippen molar-refractivity contribution in [1.82, 2.24) is 0 Å². The summed E-state index contributed by atoms with van der Waals surface area (Å²) in [4.78, 5) is 2.41. The molecule has 0 fully saturated rings.